The molecular formula is C21H21N3O3. The van der Waals surface area contributed by atoms with Crippen molar-refractivity contribution in [1.29, 1.82) is 0 Å². The van der Waals surface area contributed by atoms with Crippen LogP contribution in [0.4, 0.5) is 5.69 Å². The molecule has 0 saturated carbocycles. The zero-order valence-corrected chi connectivity index (χ0v) is 15.1. The van der Waals surface area contributed by atoms with Gasteiger partial charge in [0, 0.05) is 31.0 Å². The number of benzene rings is 1. The van der Waals surface area contributed by atoms with Gasteiger partial charge in [0.05, 0.1) is 30.3 Å². The van der Waals surface area contributed by atoms with Crippen molar-refractivity contribution in [3.63, 3.8) is 0 Å². The van der Waals surface area contributed by atoms with Crippen molar-refractivity contribution in [3.8, 4) is 11.4 Å². The highest BCUT2D eigenvalue weighted by atomic mass is 16.5. The van der Waals surface area contributed by atoms with Crippen molar-refractivity contribution in [3.05, 3.63) is 66.4 Å². The molecule has 1 fully saturated rings. The molecule has 5 rings (SSSR count). The standard InChI is InChI=1S/C21H21N3O3/c1-26-15-6-7-17-16(14-15)22-21(19-5-2-10-24(17)19)8-11-23(12-9-21)20(25)18-4-3-13-27-18/h2-7,10,13-14,22H,8-9,11-12H2,1H3. The van der Waals surface area contributed by atoms with Crippen LogP contribution < -0.4 is 10.1 Å². The van der Waals surface area contributed by atoms with Crippen molar-refractivity contribution in [1.82, 2.24) is 9.47 Å². The van der Waals surface area contributed by atoms with Crippen LogP contribution >= 0.6 is 0 Å². The number of hydrogen-bond donors (Lipinski definition) is 1. The zero-order chi connectivity index (χ0) is 18.4. The van der Waals surface area contributed by atoms with Crippen LogP contribution in [0.2, 0.25) is 0 Å². The highest BCUT2D eigenvalue weighted by molar-refractivity contribution is 5.91. The van der Waals surface area contributed by atoms with Crippen LogP contribution in [-0.2, 0) is 5.54 Å². The van der Waals surface area contributed by atoms with Gasteiger partial charge in [0.1, 0.15) is 5.75 Å². The molecule has 1 spiro atoms. The van der Waals surface area contributed by atoms with Gasteiger partial charge in [-0.05, 0) is 49.2 Å². The molecule has 1 N–H and O–H groups in total. The molecule has 1 aromatic carbocycles. The molecule has 2 aromatic heterocycles. The summed E-state index contributed by atoms with van der Waals surface area (Å²) in [6, 6.07) is 13.8. The Kier molecular flexibility index (Phi) is 3.53. The van der Waals surface area contributed by atoms with Crippen molar-refractivity contribution in [2.45, 2.75) is 18.4 Å². The number of nitrogens with one attached hydrogen (secondary N) is 1. The summed E-state index contributed by atoms with van der Waals surface area (Å²) in [4.78, 5) is 14.5. The van der Waals surface area contributed by atoms with E-state index in [-0.39, 0.29) is 11.4 Å². The summed E-state index contributed by atoms with van der Waals surface area (Å²) in [6.07, 6.45) is 5.31. The normalized spacial score (nSPS) is 17.1. The number of nitrogens with zero attached hydrogens (tertiary/aromatic N) is 2. The predicted octanol–water partition coefficient (Wildman–Crippen LogP) is 3.64. The van der Waals surface area contributed by atoms with E-state index in [2.05, 4.69) is 34.3 Å². The lowest BCUT2D eigenvalue weighted by atomic mass is 9.82. The van der Waals surface area contributed by atoms with E-state index in [0.29, 0.717) is 18.8 Å². The molecule has 4 heterocycles. The minimum Gasteiger partial charge on any atom is -0.497 e. The molecule has 6 heteroatoms. The van der Waals surface area contributed by atoms with Crippen LogP contribution in [0.3, 0.4) is 0 Å². The second-order valence-corrected chi connectivity index (χ2v) is 7.12. The Labute approximate surface area is 157 Å². The van der Waals surface area contributed by atoms with Crippen molar-refractivity contribution >= 4 is 11.6 Å². The number of ether oxygens (including phenoxy) is 1. The van der Waals surface area contributed by atoms with Gasteiger partial charge in [0.2, 0.25) is 0 Å². The number of furan rings is 1. The van der Waals surface area contributed by atoms with Gasteiger partial charge in [0.15, 0.2) is 5.76 Å². The van der Waals surface area contributed by atoms with E-state index in [1.165, 1.54) is 5.69 Å². The Bertz CT molecular complexity index is 982. The molecule has 27 heavy (non-hydrogen) atoms. The second kappa shape index (κ2) is 5.94. The minimum atomic E-state index is -0.192. The van der Waals surface area contributed by atoms with Gasteiger partial charge in [-0.2, -0.15) is 0 Å². The first kappa shape index (κ1) is 16.1. The van der Waals surface area contributed by atoms with Crippen LogP contribution in [0.1, 0.15) is 29.1 Å². The van der Waals surface area contributed by atoms with Crippen LogP contribution in [0.5, 0.6) is 5.75 Å². The largest absolute Gasteiger partial charge is 0.497 e. The van der Waals surface area contributed by atoms with Gasteiger partial charge in [-0.1, -0.05) is 0 Å². The Balaban J connectivity index is 1.45. The fraction of sp³-hybridized carbons (Fsp3) is 0.286. The van der Waals surface area contributed by atoms with E-state index < -0.39 is 0 Å². The third-order valence-corrected chi connectivity index (χ3v) is 5.71. The topological polar surface area (TPSA) is 59.6 Å². The van der Waals surface area contributed by atoms with Gasteiger partial charge < -0.3 is 23.9 Å². The number of hydrogen-bond acceptors (Lipinski definition) is 4. The van der Waals surface area contributed by atoms with E-state index >= 15 is 0 Å². The summed E-state index contributed by atoms with van der Waals surface area (Å²) in [5.74, 6) is 1.20. The smallest absolute Gasteiger partial charge is 0.289 e. The third-order valence-electron chi connectivity index (χ3n) is 5.71. The van der Waals surface area contributed by atoms with E-state index in [4.69, 9.17) is 9.15 Å². The molecule has 0 radical (unpaired) electrons. The summed E-state index contributed by atoms with van der Waals surface area (Å²) in [5, 5.41) is 3.76. The maximum Gasteiger partial charge on any atom is 0.289 e. The van der Waals surface area contributed by atoms with Crippen molar-refractivity contribution in [2.24, 2.45) is 0 Å². The molecule has 3 aromatic rings. The Morgan fingerprint density at radius 3 is 2.78 bits per heavy atom. The fourth-order valence-corrected chi connectivity index (χ4v) is 4.28. The maximum absolute atomic E-state index is 12.6. The molecule has 2 aliphatic heterocycles. The number of methoxy groups -OCH3 is 1. The van der Waals surface area contributed by atoms with E-state index in [0.717, 1.165) is 30.0 Å². The first-order valence-corrected chi connectivity index (χ1v) is 9.17. The number of carbonyl (C=O) groups is 1. The highest BCUT2D eigenvalue weighted by Crippen LogP contribution is 2.44. The Hall–Kier alpha value is -3.15. The average Bonchev–Trinajstić information content (AvgIpc) is 3.40. The number of fused-ring (bicyclic) bond motifs is 4. The van der Waals surface area contributed by atoms with Gasteiger partial charge in [-0.3, -0.25) is 4.79 Å². The average molecular weight is 363 g/mol. The van der Waals surface area contributed by atoms with Gasteiger partial charge in [-0.25, -0.2) is 0 Å². The summed E-state index contributed by atoms with van der Waals surface area (Å²) in [7, 11) is 1.68. The molecule has 1 saturated heterocycles. The number of rotatable bonds is 2. The maximum atomic E-state index is 12.6. The van der Waals surface area contributed by atoms with E-state index in [9.17, 15) is 4.79 Å². The van der Waals surface area contributed by atoms with E-state index in [1.54, 1.807) is 25.5 Å². The van der Waals surface area contributed by atoms with Crippen LogP contribution in [0.25, 0.3) is 5.69 Å². The molecule has 0 atom stereocenters. The lowest BCUT2D eigenvalue weighted by Gasteiger charge is -2.46. The van der Waals surface area contributed by atoms with Crippen LogP contribution in [0.15, 0.2) is 59.3 Å². The highest BCUT2D eigenvalue weighted by Gasteiger charge is 2.42. The van der Waals surface area contributed by atoms with Gasteiger partial charge in [0.25, 0.3) is 5.91 Å². The number of amides is 1. The SMILES string of the molecule is COc1ccc2c(c1)NC1(CCN(C(=O)c3ccco3)CC1)c1cccn1-2. The number of likely N-dealkylation sites (tertiary alicyclic amines) is 1. The minimum absolute atomic E-state index is 0.0388. The predicted molar refractivity (Wildman–Crippen MR) is 101 cm³/mol. The summed E-state index contributed by atoms with van der Waals surface area (Å²) in [5.41, 5.74) is 3.23. The summed E-state index contributed by atoms with van der Waals surface area (Å²) < 4.78 is 12.9. The van der Waals surface area contributed by atoms with Gasteiger partial charge >= 0.3 is 0 Å². The lowest BCUT2D eigenvalue weighted by molar-refractivity contribution is 0.0644. The third kappa shape index (κ3) is 2.44. The van der Waals surface area contributed by atoms with Crippen molar-refractivity contribution < 1.29 is 13.9 Å². The molecule has 1 amide bonds. The van der Waals surface area contributed by atoms with E-state index in [1.807, 2.05) is 17.0 Å². The molecule has 0 bridgehead atoms. The van der Waals surface area contributed by atoms with Crippen LogP contribution in [-0.4, -0.2) is 35.6 Å². The van der Waals surface area contributed by atoms with Crippen LogP contribution in [0, 0.1) is 0 Å². The molecule has 0 unspecified atom stereocenters. The quantitative estimate of drug-likeness (QED) is 0.755. The summed E-state index contributed by atoms with van der Waals surface area (Å²) >= 11 is 0. The van der Waals surface area contributed by atoms with Gasteiger partial charge in [-0.15, -0.1) is 0 Å². The molecule has 0 aliphatic carbocycles. The molecule has 2 aliphatic rings. The zero-order valence-electron chi connectivity index (χ0n) is 15.1. The number of anilines is 1. The molecular weight excluding hydrogens is 342 g/mol. The Morgan fingerprint density at radius 2 is 2.04 bits per heavy atom. The number of carbonyl (C=O) groups excluding carboxylic acids is 1. The first-order valence-electron chi connectivity index (χ1n) is 9.17. The monoisotopic (exact) mass is 363 g/mol. The van der Waals surface area contributed by atoms with Crippen molar-refractivity contribution in [2.75, 3.05) is 25.5 Å². The lowest BCUT2D eigenvalue weighted by Crippen LogP contribution is -2.51. The number of aromatic nitrogens is 1. The first-order chi connectivity index (χ1) is 13.2. The Morgan fingerprint density at radius 1 is 1.19 bits per heavy atom. The molecule has 138 valence electrons. The summed E-state index contributed by atoms with van der Waals surface area (Å²) in [6.45, 7) is 1.36. The number of piperidine rings is 1. The molecule has 6 nitrogen and oxygen atoms in total. The second-order valence-electron chi connectivity index (χ2n) is 7.12. The fourth-order valence-electron chi connectivity index (χ4n) is 4.28.